The molecule has 0 aromatic carbocycles. The van der Waals surface area contributed by atoms with Crippen molar-refractivity contribution in [2.24, 2.45) is 5.92 Å². The highest BCUT2D eigenvalue weighted by atomic mass is 35.5. The molecule has 1 nitrogen and oxygen atoms in total. The van der Waals surface area contributed by atoms with E-state index in [0.29, 0.717) is 11.4 Å². The second kappa shape index (κ2) is 5.37. The molecule has 0 aromatic rings. The summed E-state index contributed by atoms with van der Waals surface area (Å²) >= 11 is 6.37. The van der Waals surface area contributed by atoms with Gasteiger partial charge in [-0.15, -0.1) is 11.6 Å². The third-order valence-electron chi connectivity index (χ3n) is 3.83. The van der Waals surface area contributed by atoms with E-state index in [0.717, 1.165) is 5.92 Å². The first-order valence-electron chi connectivity index (χ1n) is 6.24. The lowest BCUT2D eigenvalue weighted by Gasteiger charge is -2.29. The zero-order valence-corrected chi connectivity index (χ0v) is 9.73. The molecule has 2 aliphatic carbocycles. The van der Waals surface area contributed by atoms with Crippen molar-refractivity contribution < 1.29 is 0 Å². The summed E-state index contributed by atoms with van der Waals surface area (Å²) in [6.45, 7) is 1.22. The molecule has 0 aromatic heterocycles. The Morgan fingerprint density at radius 2 is 1.71 bits per heavy atom. The molecule has 0 saturated heterocycles. The second-order valence-electron chi connectivity index (χ2n) is 4.97. The van der Waals surface area contributed by atoms with Gasteiger partial charge in [-0.25, -0.2) is 0 Å². The van der Waals surface area contributed by atoms with E-state index in [1.807, 2.05) is 0 Å². The van der Waals surface area contributed by atoms with E-state index in [1.165, 1.54) is 57.9 Å². The standard InChI is InChI=1S/C12H22ClN/c13-11-7-2-1-3-8-12(11)14-9-10-5-4-6-10/h10-12,14H,1-9H2. The van der Waals surface area contributed by atoms with Crippen LogP contribution in [0.4, 0.5) is 0 Å². The van der Waals surface area contributed by atoms with E-state index in [9.17, 15) is 0 Å². The fourth-order valence-electron chi connectivity index (χ4n) is 2.51. The molecule has 0 aliphatic heterocycles. The van der Waals surface area contributed by atoms with Crippen LogP contribution in [0.5, 0.6) is 0 Å². The van der Waals surface area contributed by atoms with E-state index in [2.05, 4.69) is 5.32 Å². The first-order valence-corrected chi connectivity index (χ1v) is 6.67. The molecule has 0 bridgehead atoms. The van der Waals surface area contributed by atoms with E-state index in [1.54, 1.807) is 0 Å². The zero-order valence-electron chi connectivity index (χ0n) is 8.97. The van der Waals surface area contributed by atoms with Crippen molar-refractivity contribution in [3.8, 4) is 0 Å². The molecule has 0 amide bonds. The third-order valence-corrected chi connectivity index (χ3v) is 4.35. The van der Waals surface area contributed by atoms with Crippen LogP contribution in [0, 0.1) is 5.92 Å². The molecule has 2 aliphatic rings. The van der Waals surface area contributed by atoms with Gasteiger partial charge in [0.1, 0.15) is 0 Å². The molecule has 82 valence electrons. The van der Waals surface area contributed by atoms with Crippen molar-refractivity contribution in [3.05, 3.63) is 0 Å². The zero-order chi connectivity index (χ0) is 9.80. The van der Waals surface area contributed by atoms with Gasteiger partial charge in [-0.1, -0.05) is 25.7 Å². The molecule has 2 atom stereocenters. The molecule has 14 heavy (non-hydrogen) atoms. The monoisotopic (exact) mass is 215 g/mol. The highest BCUT2D eigenvalue weighted by Crippen LogP contribution is 2.27. The van der Waals surface area contributed by atoms with Crippen LogP contribution in [0.2, 0.25) is 0 Å². The highest BCUT2D eigenvalue weighted by molar-refractivity contribution is 6.21. The largest absolute Gasteiger partial charge is 0.312 e. The molecule has 2 fully saturated rings. The summed E-state index contributed by atoms with van der Waals surface area (Å²) in [6.07, 6.45) is 10.9. The predicted molar refractivity (Wildman–Crippen MR) is 61.9 cm³/mol. The number of halogens is 1. The van der Waals surface area contributed by atoms with Gasteiger partial charge in [0.15, 0.2) is 0 Å². The van der Waals surface area contributed by atoms with Gasteiger partial charge >= 0.3 is 0 Å². The van der Waals surface area contributed by atoms with E-state index >= 15 is 0 Å². The number of hydrogen-bond donors (Lipinski definition) is 1. The van der Waals surface area contributed by atoms with Gasteiger partial charge in [-0.05, 0) is 38.1 Å². The van der Waals surface area contributed by atoms with Crippen LogP contribution < -0.4 is 5.32 Å². The summed E-state index contributed by atoms with van der Waals surface area (Å²) in [4.78, 5) is 0. The van der Waals surface area contributed by atoms with Gasteiger partial charge in [-0.3, -0.25) is 0 Å². The van der Waals surface area contributed by atoms with E-state index in [4.69, 9.17) is 11.6 Å². The van der Waals surface area contributed by atoms with Crippen LogP contribution in [0.3, 0.4) is 0 Å². The van der Waals surface area contributed by atoms with Crippen LogP contribution in [-0.2, 0) is 0 Å². The Balaban J connectivity index is 1.70. The van der Waals surface area contributed by atoms with Gasteiger partial charge in [0.05, 0.1) is 0 Å². The van der Waals surface area contributed by atoms with Crippen molar-refractivity contribution in [1.29, 1.82) is 0 Å². The average Bonchev–Trinajstić information content (AvgIpc) is 2.29. The molecule has 0 radical (unpaired) electrons. The minimum atomic E-state index is 0.387. The first-order chi connectivity index (χ1) is 6.86. The average molecular weight is 216 g/mol. The summed E-state index contributed by atoms with van der Waals surface area (Å²) in [5.41, 5.74) is 0. The maximum absolute atomic E-state index is 6.37. The fraction of sp³-hybridized carbons (Fsp3) is 1.00. The summed E-state index contributed by atoms with van der Waals surface area (Å²) in [5.74, 6) is 0.960. The molecular formula is C12H22ClN. The Labute approximate surface area is 92.6 Å². The summed E-state index contributed by atoms with van der Waals surface area (Å²) < 4.78 is 0. The second-order valence-corrected chi connectivity index (χ2v) is 5.53. The van der Waals surface area contributed by atoms with Crippen molar-refractivity contribution >= 4 is 11.6 Å². The van der Waals surface area contributed by atoms with Crippen molar-refractivity contribution in [1.82, 2.24) is 5.32 Å². The van der Waals surface area contributed by atoms with Crippen LogP contribution in [0.1, 0.15) is 51.4 Å². The lowest BCUT2D eigenvalue weighted by atomic mass is 9.85. The minimum Gasteiger partial charge on any atom is -0.312 e. The quantitative estimate of drug-likeness (QED) is 0.563. The highest BCUT2D eigenvalue weighted by Gasteiger charge is 2.23. The Morgan fingerprint density at radius 1 is 0.929 bits per heavy atom. The first kappa shape index (κ1) is 10.8. The third kappa shape index (κ3) is 2.87. The van der Waals surface area contributed by atoms with E-state index in [-0.39, 0.29) is 0 Å². The van der Waals surface area contributed by atoms with E-state index < -0.39 is 0 Å². The Bertz CT molecular complexity index is 168. The number of alkyl halides is 1. The van der Waals surface area contributed by atoms with Crippen LogP contribution in [0.15, 0.2) is 0 Å². The SMILES string of the molecule is ClC1CCCCCC1NCC1CCC1. The van der Waals surface area contributed by atoms with Crippen LogP contribution in [0.25, 0.3) is 0 Å². The number of rotatable bonds is 3. The molecule has 1 N–H and O–H groups in total. The Morgan fingerprint density at radius 3 is 2.43 bits per heavy atom. The van der Waals surface area contributed by atoms with Crippen LogP contribution >= 0.6 is 11.6 Å². The Hall–Kier alpha value is 0.250. The van der Waals surface area contributed by atoms with Crippen molar-refractivity contribution in [2.45, 2.75) is 62.8 Å². The fourth-order valence-corrected chi connectivity index (χ4v) is 2.88. The smallest absolute Gasteiger partial charge is 0.0489 e. The van der Waals surface area contributed by atoms with Gasteiger partial charge in [0.2, 0.25) is 0 Å². The summed E-state index contributed by atoms with van der Waals surface area (Å²) in [6, 6.07) is 0.597. The predicted octanol–water partition coefficient (Wildman–Crippen LogP) is 3.32. The lowest BCUT2D eigenvalue weighted by molar-refractivity contribution is 0.283. The number of nitrogens with one attached hydrogen (secondary N) is 1. The summed E-state index contributed by atoms with van der Waals surface area (Å²) in [5, 5.41) is 4.07. The number of hydrogen-bond acceptors (Lipinski definition) is 1. The summed E-state index contributed by atoms with van der Waals surface area (Å²) in [7, 11) is 0. The van der Waals surface area contributed by atoms with Gasteiger partial charge in [0, 0.05) is 11.4 Å². The van der Waals surface area contributed by atoms with Crippen molar-refractivity contribution in [2.75, 3.05) is 6.54 Å². The minimum absolute atomic E-state index is 0.387. The van der Waals surface area contributed by atoms with Gasteiger partial charge in [-0.2, -0.15) is 0 Å². The van der Waals surface area contributed by atoms with Crippen molar-refractivity contribution in [3.63, 3.8) is 0 Å². The molecule has 0 heterocycles. The molecule has 0 spiro atoms. The maximum atomic E-state index is 6.37. The Kier molecular flexibility index (Phi) is 4.12. The van der Waals surface area contributed by atoms with Gasteiger partial charge < -0.3 is 5.32 Å². The molecule has 2 heteroatoms. The van der Waals surface area contributed by atoms with Crippen LogP contribution in [-0.4, -0.2) is 18.0 Å². The maximum Gasteiger partial charge on any atom is 0.0489 e. The topological polar surface area (TPSA) is 12.0 Å². The molecule has 2 saturated carbocycles. The molecule has 2 unspecified atom stereocenters. The molecular weight excluding hydrogens is 194 g/mol. The lowest BCUT2D eigenvalue weighted by Crippen LogP contribution is -2.40. The molecule has 2 rings (SSSR count). The van der Waals surface area contributed by atoms with Gasteiger partial charge in [0.25, 0.3) is 0 Å². The normalized spacial score (nSPS) is 34.9.